The summed E-state index contributed by atoms with van der Waals surface area (Å²) in [5.41, 5.74) is 0.614. The van der Waals surface area contributed by atoms with Gasteiger partial charge in [-0.1, -0.05) is 37.8 Å². The fraction of sp³-hybridized carbons (Fsp3) is 0.500. The van der Waals surface area contributed by atoms with Gasteiger partial charge in [-0.15, -0.1) is 0 Å². The normalized spacial score (nSPS) is 19.8. The van der Waals surface area contributed by atoms with Gasteiger partial charge in [0, 0.05) is 0 Å². The van der Waals surface area contributed by atoms with Gasteiger partial charge in [0.25, 0.3) is 0 Å². The Morgan fingerprint density at radius 3 is 2.06 bits per heavy atom. The summed E-state index contributed by atoms with van der Waals surface area (Å²) in [7, 11) is 0. The number of nitrogens with zero attached hydrogens (tertiary/aromatic N) is 1. The first-order valence-corrected chi connectivity index (χ1v) is 5.94. The molecule has 0 bridgehead atoms. The van der Waals surface area contributed by atoms with Gasteiger partial charge in [0.05, 0.1) is 11.5 Å². The van der Waals surface area contributed by atoms with Crippen LogP contribution < -0.4 is 0 Å². The lowest BCUT2D eigenvalue weighted by Crippen LogP contribution is -2.23. The average molecular weight is 217 g/mol. The van der Waals surface area contributed by atoms with Crippen LogP contribution in [0.1, 0.15) is 44.1 Å². The molecule has 1 saturated carbocycles. The number of nitriles is 1. The van der Waals surface area contributed by atoms with Gasteiger partial charge in [-0.2, -0.15) is 5.26 Å². The van der Waals surface area contributed by atoms with Crippen molar-refractivity contribution in [2.45, 2.75) is 43.9 Å². The van der Waals surface area contributed by atoms with Crippen molar-refractivity contribution in [1.82, 2.24) is 0 Å². The molecule has 0 N–H and O–H groups in total. The van der Waals surface area contributed by atoms with Gasteiger partial charge in [-0.05, 0) is 30.5 Å². The molecular formula is C14H16FN. The van der Waals surface area contributed by atoms with Crippen LogP contribution in [0.15, 0.2) is 24.3 Å². The van der Waals surface area contributed by atoms with Gasteiger partial charge in [0.2, 0.25) is 0 Å². The van der Waals surface area contributed by atoms with Crippen LogP contribution in [0.5, 0.6) is 0 Å². The first-order chi connectivity index (χ1) is 7.77. The smallest absolute Gasteiger partial charge is 0.123 e. The minimum atomic E-state index is -0.371. The van der Waals surface area contributed by atoms with Crippen LogP contribution in [0.2, 0.25) is 0 Å². The largest absolute Gasteiger partial charge is 0.207 e. The molecule has 0 saturated heterocycles. The zero-order valence-corrected chi connectivity index (χ0v) is 9.38. The van der Waals surface area contributed by atoms with Gasteiger partial charge in [-0.25, -0.2) is 4.39 Å². The first kappa shape index (κ1) is 11.1. The van der Waals surface area contributed by atoms with Gasteiger partial charge in [0.15, 0.2) is 0 Å². The third-order valence-corrected chi connectivity index (χ3v) is 3.57. The summed E-state index contributed by atoms with van der Waals surface area (Å²) in [4.78, 5) is 0. The molecule has 1 aromatic rings. The van der Waals surface area contributed by atoms with Crippen molar-refractivity contribution in [3.05, 3.63) is 35.6 Å². The quantitative estimate of drug-likeness (QED) is 0.653. The van der Waals surface area contributed by atoms with Crippen molar-refractivity contribution in [3.8, 4) is 6.07 Å². The minimum Gasteiger partial charge on any atom is -0.207 e. The number of hydrogen-bond donors (Lipinski definition) is 0. The second-order valence-corrected chi connectivity index (χ2v) is 4.62. The molecule has 1 aliphatic rings. The summed E-state index contributed by atoms with van der Waals surface area (Å²) >= 11 is 0. The SMILES string of the molecule is N#CC1(c2ccc(F)cc2)CCCCCC1. The molecule has 1 aliphatic carbocycles. The Labute approximate surface area is 95.9 Å². The fourth-order valence-corrected chi connectivity index (χ4v) is 2.57. The van der Waals surface area contributed by atoms with Crippen LogP contribution >= 0.6 is 0 Å². The van der Waals surface area contributed by atoms with Crippen LogP contribution in [0, 0.1) is 17.1 Å². The Balaban J connectivity index is 2.33. The van der Waals surface area contributed by atoms with Gasteiger partial charge in [0.1, 0.15) is 5.82 Å². The van der Waals surface area contributed by atoms with E-state index in [1.165, 1.54) is 25.0 Å². The van der Waals surface area contributed by atoms with Crippen molar-refractivity contribution < 1.29 is 4.39 Å². The topological polar surface area (TPSA) is 23.8 Å². The molecule has 1 aromatic carbocycles. The second-order valence-electron chi connectivity index (χ2n) is 4.62. The predicted molar refractivity (Wildman–Crippen MR) is 61.4 cm³/mol. The molecule has 2 rings (SSSR count). The molecule has 0 heterocycles. The van der Waals surface area contributed by atoms with Gasteiger partial charge in [-0.3, -0.25) is 0 Å². The summed E-state index contributed by atoms with van der Waals surface area (Å²) < 4.78 is 12.9. The molecule has 0 radical (unpaired) electrons. The van der Waals surface area contributed by atoms with E-state index >= 15 is 0 Å². The third kappa shape index (κ3) is 2.09. The monoisotopic (exact) mass is 217 g/mol. The minimum absolute atomic E-state index is 0.231. The summed E-state index contributed by atoms with van der Waals surface area (Å²) in [6.07, 6.45) is 6.45. The maximum absolute atomic E-state index is 12.9. The molecule has 0 aromatic heterocycles. The maximum atomic E-state index is 12.9. The summed E-state index contributed by atoms with van der Waals surface area (Å²) in [5, 5.41) is 9.45. The lowest BCUT2D eigenvalue weighted by Gasteiger charge is -2.25. The van der Waals surface area contributed by atoms with Crippen LogP contribution in [0.3, 0.4) is 0 Å². The number of halogens is 1. The highest BCUT2D eigenvalue weighted by molar-refractivity contribution is 5.32. The molecule has 84 valence electrons. The Bertz CT molecular complexity index is 380. The van der Waals surface area contributed by atoms with Crippen molar-refractivity contribution >= 4 is 0 Å². The van der Waals surface area contributed by atoms with Crippen LogP contribution in [0.25, 0.3) is 0 Å². The molecule has 16 heavy (non-hydrogen) atoms. The van der Waals surface area contributed by atoms with E-state index in [-0.39, 0.29) is 11.2 Å². The molecule has 0 amide bonds. The molecule has 1 fully saturated rings. The van der Waals surface area contributed by atoms with E-state index in [9.17, 15) is 9.65 Å². The first-order valence-electron chi connectivity index (χ1n) is 5.94. The number of rotatable bonds is 1. The number of hydrogen-bond acceptors (Lipinski definition) is 1. The van der Waals surface area contributed by atoms with Crippen LogP contribution in [0.4, 0.5) is 4.39 Å². The molecule has 2 heteroatoms. The average Bonchev–Trinajstić information content (AvgIpc) is 2.56. The Hall–Kier alpha value is -1.36. The van der Waals surface area contributed by atoms with E-state index in [2.05, 4.69) is 6.07 Å². The molecular weight excluding hydrogens is 201 g/mol. The van der Waals surface area contributed by atoms with E-state index in [1.807, 2.05) is 0 Å². The predicted octanol–water partition coefficient (Wildman–Crippen LogP) is 3.94. The molecule has 0 unspecified atom stereocenters. The van der Waals surface area contributed by atoms with Gasteiger partial charge < -0.3 is 0 Å². The van der Waals surface area contributed by atoms with E-state index in [0.717, 1.165) is 31.2 Å². The summed E-state index contributed by atoms with van der Waals surface area (Å²) in [6, 6.07) is 8.92. The zero-order chi connectivity index (χ0) is 11.4. The third-order valence-electron chi connectivity index (χ3n) is 3.57. The zero-order valence-electron chi connectivity index (χ0n) is 9.38. The van der Waals surface area contributed by atoms with E-state index < -0.39 is 0 Å². The van der Waals surface area contributed by atoms with Crippen molar-refractivity contribution in [1.29, 1.82) is 5.26 Å². The van der Waals surface area contributed by atoms with Crippen LogP contribution in [-0.4, -0.2) is 0 Å². The Morgan fingerprint density at radius 1 is 1.00 bits per heavy atom. The van der Waals surface area contributed by atoms with E-state index in [1.54, 1.807) is 12.1 Å². The summed E-state index contributed by atoms with van der Waals surface area (Å²) in [6.45, 7) is 0. The Morgan fingerprint density at radius 2 is 1.56 bits per heavy atom. The molecule has 0 spiro atoms. The highest BCUT2D eigenvalue weighted by Gasteiger charge is 2.32. The summed E-state index contributed by atoms with van der Waals surface area (Å²) in [5.74, 6) is -0.231. The highest BCUT2D eigenvalue weighted by atomic mass is 19.1. The molecule has 0 atom stereocenters. The highest BCUT2D eigenvalue weighted by Crippen LogP contribution is 2.37. The Kier molecular flexibility index (Phi) is 3.24. The number of benzene rings is 1. The van der Waals surface area contributed by atoms with Crippen molar-refractivity contribution in [3.63, 3.8) is 0 Å². The lowest BCUT2D eigenvalue weighted by molar-refractivity contribution is 0.474. The lowest BCUT2D eigenvalue weighted by atomic mass is 9.76. The van der Waals surface area contributed by atoms with E-state index in [4.69, 9.17) is 0 Å². The van der Waals surface area contributed by atoms with Crippen molar-refractivity contribution in [2.24, 2.45) is 0 Å². The standard InChI is InChI=1S/C14H16FN/c15-13-7-5-12(6-8-13)14(11-16)9-3-1-2-4-10-14/h5-8H,1-4,9-10H2. The second kappa shape index (κ2) is 4.65. The fourth-order valence-electron chi connectivity index (χ4n) is 2.57. The van der Waals surface area contributed by atoms with E-state index in [0.29, 0.717) is 0 Å². The van der Waals surface area contributed by atoms with Crippen molar-refractivity contribution in [2.75, 3.05) is 0 Å². The van der Waals surface area contributed by atoms with Crippen LogP contribution in [-0.2, 0) is 5.41 Å². The van der Waals surface area contributed by atoms with Gasteiger partial charge >= 0.3 is 0 Å². The molecule has 0 aliphatic heterocycles. The maximum Gasteiger partial charge on any atom is 0.123 e. The molecule has 1 nitrogen and oxygen atoms in total.